The van der Waals surface area contributed by atoms with Crippen LogP contribution >= 0.6 is 0 Å². The standard InChI is InChI=1S/C8H14N4O2/c1-5(2)7-8(12(13)14)11(6(3)4)10-9-7/h5-6H,1-4H3. The number of nitrogens with zero attached hydrogens (tertiary/aromatic N) is 4. The molecule has 1 heterocycles. The maximum Gasteiger partial charge on any atom is 0.368 e. The lowest BCUT2D eigenvalue weighted by molar-refractivity contribution is -0.393. The second-order valence-corrected chi connectivity index (χ2v) is 3.75. The van der Waals surface area contributed by atoms with Gasteiger partial charge in [0.15, 0.2) is 5.69 Å². The molecule has 0 N–H and O–H groups in total. The van der Waals surface area contributed by atoms with Crippen molar-refractivity contribution in [1.82, 2.24) is 15.0 Å². The highest BCUT2D eigenvalue weighted by atomic mass is 16.6. The number of aromatic nitrogens is 3. The van der Waals surface area contributed by atoms with Crippen LogP contribution in [0, 0.1) is 10.1 Å². The molecule has 0 saturated carbocycles. The molecule has 0 radical (unpaired) electrons. The average Bonchev–Trinajstić information content (AvgIpc) is 2.46. The van der Waals surface area contributed by atoms with E-state index in [9.17, 15) is 10.1 Å². The second-order valence-electron chi connectivity index (χ2n) is 3.75. The molecule has 1 aromatic rings. The molecule has 0 amide bonds. The first-order valence-corrected chi connectivity index (χ1v) is 4.54. The van der Waals surface area contributed by atoms with Crippen molar-refractivity contribution in [3.05, 3.63) is 15.8 Å². The molecule has 0 unspecified atom stereocenters. The fourth-order valence-electron chi connectivity index (χ4n) is 1.20. The summed E-state index contributed by atoms with van der Waals surface area (Å²) in [7, 11) is 0. The van der Waals surface area contributed by atoms with Gasteiger partial charge in [0.2, 0.25) is 0 Å². The van der Waals surface area contributed by atoms with E-state index in [0.29, 0.717) is 5.69 Å². The summed E-state index contributed by atoms with van der Waals surface area (Å²) in [5.74, 6) is 0.0258. The van der Waals surface area contributed by atoms with Crippen molar-refractivity contribution in [3.63, 3.8) is 0 Å². The molecule has 0 aliphatic carbocycles. The SMILES string of the molecule is CC(C)c1nnn(C(C)C)c1[N+](=O)[O-]. The third-order valence-corrected chi connectivity index (χ3v) is 1.90. The first kappa shape index (κ1) is 10.6. The van der Waals surface area contributed by atoms with E-state index in [1.165, 1.54) is 4.68 Å². The molecule has 0 bridgehead atoms. The van der Waals surface area contributed by atoms with Crippen LogP contribution in [0.5, 0.6) is 0 Å². The van der Waals surface area contributed by atoms with Gasteiger partial charge in [0.25, 0.3) is 0 Å². The predicted molar refractivity (Wildman–Crippen MR) is 51.2 cm³/mol. The van der Waals surface area contributed by atoms with Gasteiger partial charge < -0.3 is 10.1 Å². The van der Waals surface area contributed by atoms with Gasteiger partial charge in [-0.1, -0.05) is 13.8 Å². The molecule has 0 fully saturated rings. The molecular formula is C8H14N4O2. The lowest BCUT2D eigenvalue weighted by Gasteiger charge is -2.03. The van der Waals surface area contributed by atoms with E-state index in [4.69, 9.17) is 0 Å². The maximum absolute atomic E-state index is 10.8. The lowest BCUT2D eigenvalue weighted by Crippen LogP contribution is -2.08. The largest absolute Gasteiger partial charge is 0.368 e. The Labute approximate surface area is 82.1 Å². The summed E-state index contributed by atoms with van der Waals surface area (Å²) < 4.78 is 1.34. The predicted octanol–water partition coefficient (Wildman–Crippen LogP) is 1.89. The van der Waals surface area contributed by atoms with Gasteiger partial charge in [0, 0.05) is 11.1 Å². The molecule has 1 aromatic heterocycles. The fourth-order valence-corrected chi connectivity index (χ4v) is 1.20. The van der Waals surface area contributed by atoms with Crippen LogP contribution < -0.4 is 0 Å². The molecule has 0 aliphatic heterocycles. The van der Waals surface area contributed by atoms with Gasteiger partial charge >= 0.3 is 5.82 Å². The summed E-state index contributed by atoms with van der Waals surface area (Å²) in [4.78, 5) is 10.4. The summed E-state index contributed by atoms with van der Waals surface area (Å²) in [6, 6.07) is -0.0459. The third-order valence-electron chi connectivity index (χ3n) is 1.90. The van der Waals surface area contributed by atoms with Crippen molar-refractivity contribution in [2.24, 2.45) is 0 Å². The Kier molecular flexibility index (Phi) is 2.83. The van der Waals surface area contributed by atoms with Crippen molar-refractivity contribution in [2.75, 3.05) is 0 Å². The lowest BCUT2D eigenvalue weighted by atomic mass is 10.1. The zero-order valence-corrected chi connectivity index (χ0v) is 8.76. The zero-order valence-electron chi connectivity index (χ0n) is 8.76. The first-order valence-electron chi connectivity index (χ1n) is 4.54. The highest BCUT2D eigenvalue weighted by Crippen LogP contribution is 2.25. The van der Waals surface area contributed by atoms with Gasteiger partial charge in [-0.25, -0.2) is 0 Å². The number of hydrogen-bond acceptors (Lipinski definition) is 4. The summed E-state index contributed by atoms with van der Waals surface area (Å²) >= 11 is 0. The minimum atomic E-state index is -0.421. The van der Waals surface area contributed by atoms with E-state index in [1.807, 2.05) is 27.7 Å². The van der Waals surface area contributed by atoms with Crippen molar-refractivity contribution in [3.8, 4) is 0 Å². The smallest absolute Gasteiger partial charge is 0.358 e. The first-order chi connectivity index (χ1) is 6.45. The molecule has 0 aromatic carbocycles. The molecule has 14 heavy (non-hydrogen) atoms. The molecule has 6 nitrogen and oxygen atoms in total. The Morgan fingerprint density at radius 2 is 1.93 bits per heavy atom. The Hall–Kier alpha value is -1.46. The van der Waals surface area contributed by atoms with Gasteiger partial charge in [-0.15, -0.1) is 9.78 Å². The molecule has 0 aliphatic rings. The quantitative estimate of drug-likeness (QED) is 0.549. The third kappa shape index (κ3) is 1.73. The number of hydrogen-bond donors (Lipinski definition) is 0. The molecular weight excluding hydrogens is 184 g/mol. The van der Waals surface area contributed by atoms with Crippen LogP contribution in [0.15, 0.2) is 0 Å². The van der Waals surface area contributed by atoms with Crippen LogP contribution in [0.1, 0.15) is 45.3 Å². The van der Waals surface area contributed by atoms with Crippen LogP contribution in [-0.2, 0) is 0 Å². The van der Waals surface area contributed by atoms with E-state index < -0.39 is 4.92 Å². The van der Waals surface area contributed by atoms with Crippen molar-refractivity contribution in [2.45, 2.75) is 39.7 Å². The summed E-state index contributed by atoms with van der Waals surface area (Å²) in [6.07, 6.45) is 0. The number of nitro groups is 1. The summed E-state index contributed by atoms with van der Waals surface area (Å²) in [5, 5.41) is 18.4. The molecule has 6 heteroatoms. The Bertz CT molecular complexity index is 318. The van der Waals surface area contributed by atoms with Gasteiger partial charge in [-0.2, -0.15) is 0 Å². The zero-order chi connectivity index (χ0) is 10.9. The molecule has 78 valence electrons. The molecule has 0 atom stereocenters. The van der Waals surface area contributed by atoms with E-state index in [1.54, 1.807) is 0 Å². The molecule has 0 saturated heterocycles. The second kappa shape index (κ2) is 3.73. The monoisotopic (exact) mass is 198 g/mol. The van der Waals surface area contributed by atoms with Gasteiger partial charge in [0.05, 0.1) is 0 Å². The Morgan fingerprint density at radius 3 is 2.29 bits per heavy atom. The highest BCUT2D eigenvalue weighted by molar-refractivity contribution is 5.28. The van der Waals surface area contributed by atoms with E-state index in [2.05, 4.69) is 10.3 Å². The minimum Gasteiger partial charge on any atom is -0.358 e. The number of rotatable bonds is 3. The van der Waals surface area contributed by atoms with Gasteiger partial charge in [-0.05, 0) is 18.8 Å². The van der Waals surface area contributed by atoms with Crippen LogP contribution in [0.2, 0.25) is 0 Å². The highest BCUT2D eigenvalue weighted by Gasteiger charge is 2.27. The molecule has 1 rings (SSSR count). The van der Waals surface area contributed by atoms with E-state index in [-0.39, 0.29) is 17.8 Å². The fraction of sp³-hybridized carbons (Fsp3) is 0.750. The normalized spacial score (nSPS) is 11.3. The van der Waals surface area contributed by atoms with Crippen LogP contribution in [0.25, 0.3) is 0 Å². The van der Waals surface area contributed by atoms with Crippen molar-refractivity contribution >= 4 is 5.82 Å². The van der Waals surface area contributed by atoms with E-state index in [0.717, 1.165) is 0 Å². The Morgan fingerprint density at radius 1 is 1.36 bits per heavy atom. The van der Waals surface area contributed by atoms with Crippen molar-refractivity contribution in [1.29, 1.82) is 0 Å². The van der Waals surface area contributed by atoms with E-state index >= 15 is 0 Å². The molecule has 0 spiro atoms. The van der Waals surface area contributed by atoms with Crippen molar-refractivity contribution < 1.29 is 4.92 Å². The summed E-state index contributed by atoms with van der Waals surface area (Å²) in [6.45, 7) is 7.40. The van der Waals surface area contributed by atoms with Crippen LogP contribution in [0.3, 0.4) is 0 Å². The summed E-state index contributed by atoms with van der Waals surface area (Å²) in [5.41, 5.74) is 0.448. The maximum atomic E-state index is 10.8. The Balaban J connectivity index is 3.28. The topological polar surface area (TPSA) is 73.8 Å². The minimum absolute atomic E-state index is 0.00926. The van der Waals surface area contributed by atoms with Gasteiger partial charge in [-0.3, -0.25) is 0 Å². The van der Waals surface area contributed by atoms with Gasteiger partial charge in [0.1, 0.15) is 6.04 Å². The average molecular weight is 198 g/mol. The van der Waals surface area contributed by atoms with Crippen LogP contribution in [0.4, 0.5) is 5.82 Å². The van der Waals surface area contributed by atoms with Crippen LogP contribution in [-0.4, -0.2) is 19.9 Å².